The summed E-state index contributed by atoms with van der Waals surface area (Å²) < 4.78 is 10.9. The first-order chi connectivity index (χ1) is 16.0. The van der Waals surface area contributed by atoms with Crippen LogP contribution in [0.2, 0.25) is 0 Å². The number of rotatable bonds is 4. The molecule has 2 N–H and O–H groups in total. The molecule has 190 valence electrons. The largest absolute Gasteiger partial charge is 0.462 e. The van der Waals surface area contributed by atoms with Crippen LogP contribution in [0.25, 0.3) is 0 Å². The Balaban J connectivity index is 0.00000289. The summed E-state index contributed by atoms with van der Waals surface area (Å²) in [6.45, 7) is 6.02. The number of ether oxygens (including phenoxy) is 2. The van der Waals surface area contributed by atoms with Gasteiger partial charge in [0.2, 0.25) is 0 Å². The van der Waals surface area contributed by atoms with Crippen LogP contribution in [0.5, 0.6) is 0 Å². The molecule has 1 heterocycles. The van der Waals surface area contributed by atoms with E-state index >= 15 is 0 Å². The summed E-state index contributed by atoms with van der Waals surface area (Å²) in [5.74, 6) is -0.930. The zero-order valence-electron chi connectivity index (χ0n) is 20.5. The standard InChI is InChI=1S/C27H38O7.H2/c1-16(2)23(30)34-18-4-9-25(15-28)20-5-8-24(3)19(17-12-22(29)33-14-17)7-11-27(24,32)21(20)6-10-26(25,31)13-18;/h12,15-16,18-21,31-32H,4-11,13-14H2,1-3H3;1H/t18-,19+,20-,21+,24+,25-,26-,27-;/m0./s1. The Morgan fingerprint density at radius 1 is 1.15 bits per heavy atom. The van der Waals surface area contributed by atoms with Gasteiger partial charge in [0.15, 0.2) is 0 Å². The van der Waals surface area contributed by atoms with E-state index in [4.69, 9.17) is 9.47 Å². The van der Waals surface area contributed by atoms with Gasteiger partial charge in [-0.1, -0.05) is 20.8 Å². The van der Waals surface area contributed by atoms with Crippen molar-refractivity contribution in [3.8, 4) is 0 Å². The van der Waals surface area contributed by atoms with Crippen molar-refractivity contribution < 1.29 is 35.5 Å². The van der Waals surface area contributed by atoms with Crippen LogP contribution < -0.4 is 0 Å². The first-order valence-corrected chi connectivity index (χ1v) is 13.0. The predicted molar refractivity (Wildman–Crippen MR) is 124 cm³/mol. The number of carbonyl (C=O) groups excluding carboxylic acids is 3. The van der Waals surface area contributed by atoms with Gasteiger partial charge in [0.25, 0.3) is 0 Å². The van der Waals surface area contributed by atoms with Gasteiger partial charge in [0, 0.05) is 19.3 Å². The van der Waals surface area contributed by atoms with Gasteiger partial charge < -0.3 is 24.5 Å². The zero-order chi connectivity index (χ0) is 24.5. The van der Waals surface area contributed by atoms with Crippen molar-refractivity contribution >= 4 is 18.2 Å². The lowest BCUT2D eigenvalue weighted by atomic mass is 9.41. The molecule has 0 unspecified atom stereocenters. The van der Waals surface area contributed by atoms with Crippen LogP contribution in [0.15, 0.2) is 11.6 Å². The van der Waals surface area contributed by atoms with Gasteiger partial charge in [0.1, 0.15) is 19.0 Å². The van der Waals surface area contributed by atoms with Gasteiger partial charge in [-0.15, -0.1) is 0 Å². The molecule has 4 fully saturated rings. The van der Waals surface area contributed by atoms with Crippen LogP contribution in [0.3, 0.4) is 0 Å². The van der Waals surface area contributed by atoms with E-state index in [-0.39, 0.29) is 49.6 Å². The molecule has 4 saturated carbocycles. The van der Waals surface area contributed by atoms with E-state index in [0.717, 1.165) is 31.1 Å². The molecule has 7 heteroatoms. The van der Waals surface area contributed by atoms with Crippen molar-refractivity contribution in [3.05, 3.63) is 11.6 Å². The highest BCUT2D eigenvalue weighted by Crippen LogP contribution is 2.70. The lowest BCUT2D eigenvalue weighted by molar-refractivity contribution is -0.250. The molecular formula is C27H40O7. The molecule has 34 heavy (non-hydrogen) atoms. The molecular weight excluding hydrogens is 436 g/mol. The molecule has 0 bridgehead atoms. The molecule has 1 aliphatic heterocycles. The Labute approximate surface area is 202 Å². The highest BCUT2D eigenvalue weighted by molar-refractivity contribution is 5.85. The molecule has 0 aromatic rings. The summed E-state index contributed by atoms with van der Waals surface area (Å²) in [5, 5.41) is 24.1. The molecule has 0 amide bonds. The van der Waals surface area contributed by atoms with Crippen molar-refractivity contribution in [3.63, 3.8) is 0 Å². The number of hydrogen-bond donors (Lipinski definition) is 2. The Hall–Kier alpha value is -1.73. The Kier molecular flexibility index (Phi) is 5.56. The second kappa shape index (κ2) is 7.89. The van der Waals surface area contributed by atoms with Crippen molar-refractivity contribution in [2.45, 2.75) is 95.9 Å². The monoisotopic (exact) mass is 476 g/mol. The Morgan fingerprint density at radius 2 is 1.88 bits per heavy atom. The van der Waals surface area contributed by atoms with Crippen LogP contribution in [0, 0.1) is 34.5 Å². The van der Waals surface area contributed by atoms with Crippen molar-refractivity contribution in [2.75, 3.05) is 6.61 Å². The van der Waals surface area contributed by atoms with Gasteiger partial charge >= 0.3 is 11.9 Å². The van der Waals surface area contributed by atoms with Crippen LogP contribution in [-0.4, -0.2) is 52.4 Å². The second-order valence-electron chi connectivity index (χ2n) is 12.2. The topological polar surface area (TPSA) is 110 Å². The number of esters is 2. The summed E-state index contributed by atoms with van der Waals surface area (Å²) in [6.07, 6.45) is 7.42. The first kappa shape index (κ1) is 24.0. The van der Waals surface area contributed by atoms with E-state index in [1.807, 2.05) is 0 Å². The fourth-order valence-electron chi connectivity index (χ4n) is 8.72. The normalized spacial score (nSPS) is 47.8. The van der Waals surface area contributed by atoms with Crippen molar-refractivity contribution in [1.82, 2.24) is 0 Å². The quantitative estimate of drug-likeness (QED) is 0.473. The highest BCUT2D eigenvalue weighted by atomic mass is 16.5. The predicted octanol–water partition coefficient (Wildman–Crippen LogP) is 3.35. The van der Waals surface area contributed by atoms with E-state index < -0.39 is 22.0 Å². The average Bonchev–Trinajstić information content (AvgIpc) is 3.33. The van der Waals surface area contributed by atoms with Gasteiger partial charge in [0.05, 0.1) is 22.5 Å². The van der Waals surface area contributed by atoms with Crippen molar-refractivity contribution in [1.29, 1.82) is 0 Å². The molecule has 0 radical (unpaired) electrons. The molecule has 7 nitrogen and oxygen atoms in total. The van der Waals surface area contributed by atoms with E-state index in [9.17, 15) is 24.6 Å². The van der Waals surface area contributed by atoms with E-state index in [2.05, 4.69) is 6.92 Å². The summed E-state index contributed by atoms with van der Waals surface area (Å²) >= 11 is 0. The SMILES string of the molecule is CC(C)C(=O)O[C@H]1CC[C@]2(C=O)[C@H]3CC[C@]4(C)[C@@H](C5=CC(=O)OC5)CC[C@]4(O)[C@@H]3CC[C@]2(O)C1.[HH]. The van der Waals surface area contributed by atoms with Crippen molar-refractivity contribution in [2.24, 2.45) is 34.5 Å². The first-order valence-electron chi connectivity index (χ1n) is 13.0. The van der Waals surface area contributed by atoms with Gasteiger partial charge in [-0.3, -0.25) is 4.79 Å². The minimum atomic E-state index is -1.23. The van der Waals surface area contributed by atoms with Gasteiger partial charge in [-0.05, 0) is 74.7 Å². The number of cyclic esters (lactones) is 1. The number of aldehydes is 1. The minimum Gasteiger partial charge on any atom is -0.462 e. The van der Waals surface area contributed by atoms with E-state index in [1.54, 1.807) is 19.9 Å². The Morgan fingerprint density at radius 3 is 2.53 bits per heavy atom. The summed E-state index contributed by atoms with van der Waals surface area (Å²) in [5.41, 5.74) is -2.53. The maximum Gasteiger partial charge on any atom is 0.331 e. The van der Waals surface area contributed by atoms with Crippen LogP contribution >= 0.6 is 0 Å². The number of hydrogen-bond acceptors (Lipinski definition) is 7. The second-order valence-corrected chi connectivity index (χ2v) is 12.2. The molecule has 4 aliphatic carbocycles. The third kappa shape index (κ3) is 3.11. The van der Waals surface area contributed by atoms with E-state index in [0.29, 0.717) is 38.7 Å². The fourth-order valence-corrected chi connectivity index (χ4v) is 8.72. The van der Waals surface area contributed by atoms with Gasteiger partial charge in [-0.25, -0.2) is 4.79 Å². The van der Waals surface area contributed by atoms with Gasteiger partial charge in [-0.2, -0.15) is 0 Å². The smallest absolute Gasteiger partial charge is 0.331 e. The average molecular weight is 477 g/mol. The molecule has 0 spiro atoms. The molecule has 0 saturated heterocycles. The molecule has 0 aromatic carbocycles. The molecule has 5 rings (SSSR count). The maximum atomic E-state index is 12.8. The maximum absolute atomic E-state index is 12.8. The molecule has 8 atom stereocenters. The number of aliphatic hydroxyl groups is 2. The lowest BCUT2D eigenvalue weighted by Gasteiger charge is -2.65. The van der Waals surface area contributed by atoms with E-state index in [1.165, 1.54) is 0 Å². The summed E-state index contributed by atoms with van der Waals surface area (Å²) in [4.78, 5) is 36.7. The minimum absolute atomic E-state index is 0. The van der Waals surface area contributed by atoms with Crippen LogP contribution in [0.4, 0.5) is 0 Å². The fraction of sp³-hybridized carbons (Fsp3) is 0.815. The summed E-state index contributed by atoms with van der Waals surface area (Å²) in [7, 11) is 0. The lowest BCUT2D eigenvalue weighted by Crippen LogP contribution is -2.69. The zero-order valence-corrected chi connectivity index (χ0v) is 20.5. The van der Waals surface area contributed by atoms with Crippen LogP contribution in [-0.2, 0) is 23.9 Å². The number of carbonyl (C=O) groups is 3. The third-order valence-corrected chi connectivity index (χ3v) is 10.6. The molecule has 0 aromatic heterocycles. The highest BCUT2D eigenvalue weighted by Gasteiger charge is 2.71. The third-order valence-electron chi connectivity index (χ3n) is 10.6. The number of fused-ring (bicyclic) bond motifs is 5. The summed E-state index contributed by atoms with van der Waals surface area (Å²) in [6, 6.07) is 0. The Bertz CT molecular complexity index is 932. The van der Waals surface area contributed by atoms with Crippen LogP contribution in [0.1, 0.15) is 80.0 Å². The molecule has 5 aliphatic rings.